The lowest BCUT2D eigenvalue weighted by Crippen LogP contribution is -2.17. The summed E-state index contributed by atoms with van der Waals surface area (Å²) in [6, 6.07) is 0. The summed E-state index contributed by atoms with van der Waals surface area (Å²) in [4.78, 5) is 0. The van der Waals surface area contributed by atoms with E-state index in [1.54, 1.807) is 6.08 Å². The predicted molar refractivity (Wildman–Crippen MR) is 34.2 cm³/mol. The Labute approximate surface area is 53.0 Å². The summed E-state index contributed by atoms with van der Waals surface area (Å²) in [7, 11) is 0. The minimum absolute atomic E-state index is 0.549. The highest BCUT2D eigenvalue weighted by Crippen LogP contribution is 2.04. The molecular weight excluding hydrogens is 124 g/mol. The van der Waals surface area contributed by atoms with Gasteiger partial charge in [0.15, 0.2) is 0 Å². The van der Waals surface area contributed by atoms with Gasteiger partial charge in [-0.3, -0.25) is 0 Å². The minimum atomic E-state index is 0.549. The smallest absolute Gasteiger partial charge is 0.125 e. The lowest BCUT2D eigenvalue weighted by molar-refractivity contribution is 0.926. The number of halogens is 1. The van der Waals surface area contributed by atoms with Gasteiger partial charge in [-0.25, -0.2) is 0 Å². The zero-order valence-electron chi connectivity index (χ0n) is 4.32. The Hall–Kier alpha value is -0.630. The second-order valence-electron chi connectivity index (χ2n) is 1.55. The van der Waals surface area contributed by atoms with Crippen molar-refractivity contribution in [3.63, 3.8) is 0 Å². The first kappa shape index (κ1) is 5.51. The van der Waals surface area contributed by atoms with Crippen LogP contribution in [0.25, 0.3) is 0 Å². The average molecular weight is 131 g/mol. The van der Waals surface area contributed by atoms with Gasteiger partial charge in [0.2, 0.25) is 0 Å². The molecule has 8 heavy (non-hydrogen) atoms. The standard InChI is InChI=1S/C5H7ClN2/c6-5-4(7)2-1-3-8-5/h1-2,8H,3,7H2. The molecule has 1 aliphatic rings. The monoisotopic (exact) mass is 130 g/mol. The van der Waals surface area contributed by atoms with Crippen molar-refractivity contribution in [2.45, 2.75) is 0 Å². The van der Waals surface area contributed by atoms with Crippen molar-refractivity contribution in [3.05, 3.63) is 23.0 Å². The number of hydrogen-bond donors (Lipinski definition) is 2. The van der Waals surface area contributed by atoms with Crippen LogP contribution in [0.3, 0.4) is 0 Å². The van der Waals surface area contributed by atoms with Crippen LogP contribution in [0.2, 0.25) is 0 Å². The highest BCUT2D eigenvalue weighted by atomic mass is 35.5. The zero-order valence-corrected chi connectivity index (χ0v) is 5.07. The van der Waals surface area contributed by atoms with Gasteiger partial charge in [0.1, 0.15) is 5.16 Å². The third-order valence-corrected chi connectivity index (χ3v) is 1.28. The summed E-state index contributed by atoms with van der Waals surface area (Å²) in [5.74, 6) is 0. The summed E-state index contributed by atoms with van der Waals surface area (Å²) >= 11 is 5.56. The normalized spacial score (nSPS) is 18.6. The first-order chi connectivity index (χ1) is 3.80. The Bertz CT molecular complexity index is 149. The molecule has 0 fully saturated rings. The van der Waals surface area contributed by atoms with Crippen molar-refractivity contribution >= 4 is 11.6 Å². The molecule has 0 spiro atoms. The van der Waals surface area contributed by atoms with Crippen molar-refractivity contribution in [2.24, 2.45) is 5.73 Å². The number of nitrogens with one attached hydrogen (secondary N) is 1. The Kier molecular flexibility index (Phi) is 1.44. The molecule has 2 nitrogen and oxygen atoms in total. The third-order valence-electron chi connectivity index (χ3n) is 0.926. The third kappa shape index (κ3) is 0.954. The van der Waals surface area contributed by atoms with Gasteiger partial charge in [-0.15, -0.1) is 0 Å². The second kappa shape index (κ2) is 2.09. The Morgan fingerprint density at radius 2 is 2.50 bits per heavy atom. The molecule has 0 aliphatic carbocycles. The van der Waals surface area contributed by atoms with E-state index in [4.69, 9.17) is 17.3 Å². The Morgan fingerprint density at radius 1 is 1.75 bits per heavy atom. The van der Waals surface area contributed by atoms with E-state index in [1.165, 1.54) is 0 Å². The number of nitrogens with two attached hydrogens (primary N) is 1. The van der Waals surface area contributed by atoms with Crippen molar-refractivity contribution in [1.82, 2.24) is 5.32 Å². The molecule has 1 aliphatic heterocycles. The Balaban J connectivity index is 2.76. The van der Waals surface area contributed by atoms with Crippen LogP contribution in [0.4, 0.5) is 0 Å². The van der Waals surface area contributed by atoms with Gasteiger partial charge in [-0.05, 0) is 6.08 Å². The summed E-state index contributed by atoms with van der Waals surface area (Å²) in [5, 5.41) is 3.41. The molecule has 3 heteroatoms. The molecule has 0 bridgehead atoms. The van der Waals surface area contributed by atoms with E-state index in [0.717, 1.165) is 6.54 Å². The fourth-order valence-electron chi connectivity index (χ4n) is 0.510. The fourth-order valence-corrected chi connectivity index (χ4v) is 0.650. The van der Waals surface area contributed by atoms with Crippen LogP contribution < -0.4 is 11.1 Å². The molecule has 0 aromatic rings. The van der Waals surface area contributed by atoms with Crippen LogP contribution in [0.5, 0.6) is 0 Å². The highest BCUT2D eigenvalue weighted by molar-refractivity contribution is 6.29. The summed E-state index contributed by atoms with van der Waals surface area (Å²) < 4.78 is 0. The zero-order chi connectivity index (χ0) is 5.98. The van der Waals surface area contributed by atoms with Crippen LogP contribution in [-0.4, -0.2) is 6.54 Å². The van der Waals surface area contributed by atoms with Gasteiger partial charge in [-0.1, -0.05) is 17.7 Å². The van der Waals surface area contributed by atoms with Gasteiger partial charge < -0.3 is 11.1 Å². The molecule has 0 atom stereocenters. The maximum Gasteiger partial charge on any atom is 0.125 e. The van der Waals surface area contributed by atoms with Crippen LogP contribution in [0.15, 0.2) is 23.0 Å². The molecule has 0 radical (unpaired) electrons. The highest BCUT2D eigenvalue weighted by Gasteiger charge is 1.97. The van der Waals surface area contributed by atoms with Gasteiger partial charge in [0.25, 0.3) is 0 Å². The van der Waals surface area contributed by atoms with E-state index in [2.05, 4.69) is 5.32 Å². The van der Waals surface area contributed by atoms with E-state index in [-0.39, 0.29) is 0 Å². The average Bonchev–Trinajstić information content (AvgIpc) is 1.77. The first-order valence-electron chi connectivity index (χ1n) is 2.36. The molecule has 1 rings (SSSR count). The number of dihydropyridines is 1. The Morgan fingerprint density at radius 3 is 2.88 bits per heavy atom. The fraction of sp³-hybridized carbons (Fsp3) is 0.200. The predicted octanol–water partition coefficient (Wildman–Crippen LogP) is 0.512. The number of rotatable bonds is 0. The molecule has 3 N–H and O–H groups in total. The van der Waals surface area contributed by atoms with E-state index in [9.17, 15) is 0 Å². The van der Waals surface area contributed by atoms with E-state index < -0.39 is 0 Å². The van der Waals surface area contributed by atoms with Gasteiger partial charge >= 0.3 is 0 Å². The summed E-state index contributed by atoms with van der Waals surface area (Å²) in [5.41, 5.74) is 5.99. The van der Waals surface area contributed by atoms with E-state index >= 15 is 0 Å². The quantitative estimate of drug-likeness (QED) is 0.469. The van der Waals surface area contributed by atoms with Crippen molar-refractivity contribution in [1.29, 1.82) is 0 Å². The molecule has 0 saturated heterocycles. The van der Waals surface area contributed by atoms with Gasteiger partial charge in [-0.2, -0.15) is 0 Å². The topological polar surface area (TPSA) is 38.0 Å². The molecule has 0 aromatic carbocycles. The molecule has 1 heterocycles. The molecule has 0 aromatic heterocycles. The van der Waals surface area contributed by atoms with E-state index in [0.29, 0.717) is 10.9 Å². The number of hydrogen-bond acceptors (Lipinski definition) is 2. The van der Waals surface area contributed by atoms with Crippen molar-refractivity contribution in [2.75, 3.05) is 6.54 Å². The SMILES string of the molecule is NC1=C(Cl)NCC=C1. The lowest BCUT2D eigenvalue weighted by atomic mass is 10.3. The van der Waals surface area contributed by atoms with Crippen molar-refractivity contribution < 1.29 is 0 Å². The first-order valence-corrected chi connectivity index (χ1v) is 2.74. The molecule has 44 valence electrons. The minimum Gasteiger partial charge on any atom is -0.396 e. The van der Waals surface area contributed by atoms with E-state index in [1.807, 2.05) is 6.08 Å². The molecule has 0 saturated carbocycles. The van der Waals surface area contributed by atoms with Crippen molar-refractivity contribution in [3.8, 4) is 0 Å². The van der Waals surface area contributed by atoms with Gasteiger partial charge in [0, 0.05) is 6.54 Å². The molecule has 0 unspecified atom stereocenters. The van der Waals surface area contributed by atoms with Crippen LogP contribution >= 0.6 is 11.6 Å². The molecular formula is C5H7ClN2. The van der Waals surface area contributed by atoms with Crippen LogP contribution in [0.1, 0.15) is 0 Å². The molecule has 0 amide bonds. The van der Waals surface area contributed by atoms with Gasteiger partial charge in [0.05, 0.1) is 5.70 Å². The van der Waals surface area contributed by atoms with Crippen LogP contribution in [-0.2, 0) is 0 Å². The summed E-state index contributed by atoms with van der Waals surface area (Å²) in [6.07, 6.45) is 3.71. The maximum absolute atomic E-state index is 5.56. The largest absolute Gasteiger partial charge is 0.396 e. The van der Waals surface area contributed by atoms with Crippen LogP contribution in [0, 0.1) is 0 Å². The number of allylic oxidation sites excluding steroid dienone is 1. The second-order valence-corrected chi connectivity index (χ2v) is 1.93. The lowest BCUT2D eigenvalue weighted by Gasteiger charge is -2.07. The summed E-state index contributed by atoms with van der Waals surface area (Å²) in [6.45, 7) is 0.777. The maximum atomic E-state index is 5.56.